The van der Waals surface area contributed by atoms with E-state index < -0.39 is 22.5 Å². The van der Waals surface area contributed by atoms with Crippen LogP contribution in [0.4, 0.5) is 10.8 Å². The Bertz CT molecular complexity index is 1420. The van der Waals surface area contributed by atoms with E-state index in [4.69, 9.17) is 4.74 Å². The summed E-state index contributed by atoms with van der Waals surface area (Å²) in [4.78, 5) is 13.1. The first kappa shape index (κ1) is 25.3. The van der Waals surface area contributed by atoms with Crippen molar-refractivity contribution in [2.75, 3.05) is 23.3 Å². The third-order valence-electron chi connectivity index (χ3n) is 5.47. The van der Waals surface area contributed by atoms with Crippen LogP contribution in [0.25, 0.3) is 10.6 Å². The summed E-state index contributed by atoms with van der Waals surface area (Å²) in [7, 11) is -2.40. The molecule has 1 amide bonds. The SMILES string of the molecule is COc1ccc(-c2nnc(NC(=O)CN(c3ccc(C(C)C)cc3)S(=O)(=O)c3ccccc3)s2)cc1. The lowest BCUT2D eigenvalue weighted by atomic mass is 10.0. The van der Waals surface area contributed by atoms with Gasteiger partial charge in [0.2, 0.25) is 11.0 Å². The van der Waals surface area contributed by atoms with Crippen LogP contribution in [0.1, 0.15) is 25.3 Å². The van der Waals surface area contributed by atoms with Crippen LogP contribution in [0.15, 0.2) is 83.8 Å². The monoisotopic (exact) mass is 522 g/mol. The van der Waals surface area contributed by atoms with E-state index in [2.05, 4.69) is 29.4 Å². The number of nitrogens with one attached hydrogen (secondary N) is 1. The predicted molar refractivity (Wildman–Crippen MR) is 142 cm³/mol. The van der Waals surface area contributed by atoms with Crippen LogP contribution in [-0.2, 0) is 14.8 Å². The normalized spacial score (nSPS) is 11.3. The molecule has 0 saturated heterocycles. The van der Waals surface area contributed by atoms with Crippen LogP contribution in [0.3, 0.4) is 0 Å². The summed E-state index contributed by atoms with van der Waals surface area (Å²) in [6.45, 7) is 3.70. The number of methoxy groups -OCH3 is 1. The summed E-state index contributed by atoms with van der Waals surface area (Å²) in [5.41, 5.74) is 2.29. The van der Waals surface area contributed by atoms with Crippen LogP contribution < -0.4 is 14.4 Å². The lowest BCUT2D eigenvalue weighted by Crippen LogP contribution is -2.38. The molecule has 0 radical (unpaired) electrons. The van der Waals surface area contributed by atoms with Gasteiger partial charge in [-0.1, -0.05) is 55.5 Å². The molecule has 0 atom stereocenters. The van der Waals surface area contributed by atoms with Crippen molar-refractivity contribution in [1.29, 1.82) is 0 Å². The van der Waals surface area contributed by atoms with Crippen molar-refractivity contribution in [3.05, 3.63) is 84.4 Å². The third kappa shape index (κ3) is 5.72. The molecule has 8 nitrogen and oxygen atoms in total. The van der Waals surface area contributed by atoms with Crippen molar-refractivity contribution in [1.82, 2.24) is 10.2 Å². The van der Waals surface area contributed by atoms with Crippen LogP contribution >= 0.6 is 11.3 Å². The van der Waals surface area contributed by atoms with Crippen LogP contribution in [0.2, 0.25) is 0 Å². The topological polar surface area (TPSA) is 101 Å². The Labute approximate surface area is 214 Å². The molecule has 0 spiro atoms. The van der Waals surface area contributed by atoms with E-state index in [9.17, 15) is 13.2 Å². The number of benzene rings is 3. The number of anilines is 2. The molecule has 1 heterocycles. The highest BCUT2D eigenvalue weighted by atomic mass is 32.2. The summed E-state index contributed by atoms with van der Waals surface area (Å²) in [5, 5.41) is 11.8. The molecule has 0 aliphatic heterocycles. The highest BCUT2D eigenvalue weighted by Gasteiger charge is 2.27. The zero-order valence-corrected chi connectivity index (χ0v) is 21.7. The maximum absolute atomic E-state index is 13.5. The predicted octanol–water partition coefficient (Wildman–Crippen LogP) is 5.17. The lowest BCUT2D eigenvalue weighted by Gasteiger charge is -2.24. The van der Waals surface area contributed by atoms with Crippen molar-refractivity contribution in [2.24, 2.45) is 0 Å². The van der Waals surface area contributed by atoms with E-state index in [0.29, 0.717) is 16.6 Å². The van der Waals surface area contributed by atoms with E-state index in [0.717, 1.165) is 21.2 Å². The maximum Gasteiger partial charge on any atom is 0.264 e. The summed E-state index contributed by atoms with van der Waals surface area (Å²) in [5.74, 6) is 0.483. The maximum atomic E-state index is 13.5. The van der Waals surface area contributed by atoms with Crippen molar-refractivity contribution in [3.8, 4) is 16.3 Å². The van der Waals surface area contributed by atoms with Gasteiger partial charge in [-0.15, -0.1) is 10.2 Å². The van der Waals surface area contributed by atoms with Gasteiger partial charge < -0.3 is 4.74 Å². The molecule has 4 aromatic rings. The van der Waals surface area contributed by atoms with Crippen molar-refractivity contribution in [2.45, 2.75) is 24.7 Å². The molecule has 186 valence electrons. The second-order valence-corrected chi connectivity index (χ2v) is 11.1. The molecule has 0 aliphatic rings. The van der Waals surface area contributed by atoms with Gasteiger partial charge in [0.15, 0.2) is 0 Å². The van der Waals surface area contributed by atoms with E-state index in [1.165, 1.54) is 23.5 Å². The molecule has 1 aromatic heterocycles. The molecule has 0 aliphatic carbocycles. The molecule has 3 aromatic carbocycles. The van der Waals surface area contributed by atoms with Gasteiger partial charge in [0.1, 0.15) is 17.3 Å². The van der Waals surface area contributed by atoms with Gasteiger partial charge in [0, 0.05) is 5.56 Å². The molecular formula is C26H26N4O4S2. The summed E-state index contributed by atoms with van der Waals surface area (Å²) in [6.07, 6.45) is 0. The molecular weight excluding hydrogens is 496 g/mol. The van der Waals surface area contributed by atoms with Gasteiger partial charge in [-0.3, -0.25) is 14.4 Å². The van der Waals surface area contributed by atoms with Gasteiger partial charge in [0.25, 0.3) is 10.0 Å². The summed E-state index contributed by atoms with van der Waals surface area (Å²) >= 11 is 1.20. The number of hydrogen-bond donors (Lipinski definition) is 1. The first-order valence-corrected chi connectivity index (χ1v) is 13.5. The first-order chi connectivity index (χ1) is 17.3. The number of hydrogen-bond acceptors (Lipinski definition) is 7. The minimum Gasteiger partial charge on any atom is -0.497 e. The Kier molecular flexibility index (Phi) is 7.66. The zero-order chi connectivity index (χ0) is 25.7. The van der Waals surface area contributed by atoms with E-state index in [1.807, 2.05) is 36.4 Å². The fourth-order valence-electron chi connectivity index (χ4n) is 3.47. The summed E-state index contributed by atoms with van der Waals surface area (Å²) in [6, 6.07) is 22.5. The summed E-state index contributed by atoms with van der Waals surface area (Å²) < 4.78 is 33.3. The molecule has 1 N–H and O–H groups in total. The Hall–Kier alpha value is -3.76. The Morgan fingerprint density at radius 1 is 0.972 bits per heavy atom. The smallest absolute Gasteiger partial charge is 0.264 e. The molecule has 0 saturated carbocycles. The van der Waals surface area contributed by atoms with E-state index in [1.54, 1.807) is 37.4 Å². The van der Waals surface area contributed by atoms with Gasteiger partial charge >= 0.3 is 0 Å². The number of sulfonamides is 1. The van der Waals surface area contributed by atoms with Crippen LogP contribution in [0.5, 0.6) is 5.75 Å². The molecule has 0 bridgehead atoms. The Morgan fingerprint density at radius 2 is 1.64 bits per heavy atom. The van der Waals surface area contributed by atoms with Gasteiger partial charge in [-0.25, -0.2) is 8.42 Å². The van der Waals surface area contributed by atoms with Gasteiger partial charge in [-0.05, 0) is 60.0 Å². The molecule has 0 fully saturated rings. The van der Waals surface area contributed by atoms with E-state index >= 15 is 0 Å². The number of ether oxygens (including phenoxy) is 1. The Balaban J connectivity index is 1.57. The van der Waals surface area contributed by atoms with Gasteiger partial charge in [-0.2, -0.15) is 0 Å². The largest absolute Gasteiger partial charge is 0.497 e. The number of rotatable bonds is 9. The van der Waals surface area contributed by atoms with Crippen LogP contribution in [-0.4, -0.2) is 38.2 Å². The Morgan fingerprint density at radius 3 is 2.25 bits per heavy atom. The quantitative estimate of drug-likeness (QED) is 0.325. The minimum atomic E-state index is -3.99. The average molecular weight is 523 g/mol. The van der Waals surface area contributed by atoms with E-state index in [-0.39, 0.29) is 10.0 Å². The molecule has 0 unspecified atom stereocenters. The highest BCUT2D eigenvalue weighted by Crippen LogP contribution is 2.29. The molecule has 36 heavy (non-hydrogen) atoms. The minimum absolute atomic E-state index is 0.100. The number of carbonyl (C=O) groups excluding carboxylic acids is 1. The number of nitrogens with zero attached hydrogens (tertiary/aromatic N) is 3. The van der Waals surface area contributed by atoms with Crippen molar-refractivity contribution < 1.29 is 17.9 Å². The number of amides is 1. The van der Waals surface area contributed by atoms with Gasteiger partial charge in [0.05, 0.1) is 17.7 Å². The standard InChI is InChI=1S/C26H26N4O4S2/c1-18(2)19-9-13-21(14-10-19)30(36(32,33)23-7-5-4-6-8-23)17-24(31)27-26-29-28-25(35-26)20-11-15-22(34-3)16-12-20/h4-16,18H,17H2,1-3H3,(H,27,29,31). The second-order valence-electron chi connectivity index (χ2n) is 8.26. The second kappa shape index (κ2) is 10.9. The zero-order valence-electron chi connectivity index (χ0n) is 20.1. The fraction of sp³-hybridized carbons (Fsp3) is 0.192. The molecule has 10 heteroatoms. The van der Waals surface area contributed by atoms with Crippen molar-refractivity contribution in [3.63, 3.8) is 0 Å². The lowest BCUT2D eigenvalue weighted by molar-refractivity contribution is -0.114. The third-order valence-corrected chi connectivity index (χ3v) is 8.15. The van der Waals surface area contributed by atoms with Crippen LogP contribution in [0, 0.1) is 0 Å². The number of aromatic nitrogens is 2. The highest BCUT2D eigenvalue weighted by molar-refractivity contribution is 7.92. The fourth-order valence-corrected chi connectivity index (χ4v) is 5.68. The van der Waals surface area contributed by atoms with Crippen molar-refractivity contribution >= 4 is 38.1 Å². The first-order valence-electron chi connectivity index (χ1n) is 11.2. The molecule has 4 rings (SSSR count). The average Bonchev–Trinajstić information content (AvgIpc) is 3.36. The number of carbonyl (C=O) groups is 1.